The zero-order chi connectivity index (χ0) is 13.8. The van der Waals surface area contributed by atoms with Gasteiger partial charge in [-0.25, -0.2) is 0 Å². The van der Waals surface area contributed by atoms with Gasteiger partial charge in [0.2, 0.25) is 0 Å². The third-order valence-electron chi connectivity index (χ3n) is 4.89. The molecule has 0 amide bonds. The average Bonchev–Trinajstić information content (AvgIpc) is 2.95. The molecule has 1 N–H and O–H groups in total. The Bertz CT molecular complexity index is 437. The zero-order valence-corrected chi connectivity index (χ0v) is 12.7. The summed E-state index contributed by atoms with van der Waals surface area (Å²) in [6.45, 7) is 3.03. The van der Waals surface area contributed by atoms with Crippen LogP contribution in [0.5, 0.6) is 5.75 Å². The molecule has 1 aromatic rings. The molecule has 3 rings (SSSR count). The second-order valence-electron chi connectivity index (χ2n) is 6.14. The maximum Gasteiger partial charge on any atom is 0.122 e. The monoisotopic (exact) mass is 293 g/mol. The summed E-state index contributed by atoms with van der Waals surface area (Å²) >= 11 is 6.05. The van der Waals surface area contributed by atoms with E-state index in [1.54, 1.807) is 0 Å². The number of hydrogen-bond donors (Lipinski definition) is 1. The summed E-state index contributed by atoms with van der Waals surface area (Å²) in [5.41, 5.74) is 1.37. The SMILES string of the molecule is ClCC1CCCC1CNCC1CCOc2ccccc21. The summed E-state index contributed by atoms with van der Waals surface area (Å²) in [5, 5.41) is 3.69. The van der Waals surface area contributed by atoms with Gasteiger partial charge in [0.1, 0.15) is 5.75 Å². The fourth-order valence-electron chi connectivity index (χ4n) is 3.66. The van der Waals surface area contributed by atoms with E-state index < -0.39 is 0 Å². The second kappa shape index (κ2) is 6.82. The minimum Gasteiger partial charge on any atom is -0.493 e. The zero-order valence-electron chi connectivity index (χ0n) is 12.0. The highest BCUT2D eigenvalue weighted by Crippen LogP contribution is 2.34. The second-order valence-corrected chi connectivity index (χ2v) is 6.44. The molecule has 0 aromatic heterocycles. The lowest BCUT2D eigenvalue weighted by atomic mass is 9.92. The van der Waals surface area contributed by atoms with E-state index >= 15 is 0 Å². The van der Waals surface area contributed by atoms with Gasteiger partial charge in [-0.2, -0.15) is 0 Å². The molecule has 3 heteroatoms. The lowest BCUT2D eigenvalue weighted by molar-refractivity contribution is 0.262. The standard InChI is InChI=1S/C17H24ClNO/c18-10-13-4-3-5-14(13)11-19-12-15-8-9-20-17-7-2-1-6-16(15)17/h1-2,6-7,13-15,19H,3-5,8-12H2. The van der Waals surface area contributed by atoms with Crippen LogP contribution in [0.25, 0.3) is 0 Å². The fourth-order valence-corrected chi connectivity index (χ4v) is 4.06. The molecule has 0 spiro atoms. The van der Waals surface area contributed by atoms with E-state index in [-0.39, 0.29) is 0 Å². The molecule has 20 heavy (non-hydrogen) atoms. The normalized spacial score (nSPS) is 28.9. The Morgan fingerprint density at radius 1 is 1.10 bits per heavy atom. The maximum absolute atomic E-state index is 6.05. The minimum atomic E-state index is 0.593. The number of halogens is 1. The van der Waals surface area contributed by atoms with Gasteiger partial charge in [0, 0.05) is 18.3 Å². The van der Waals surface area contributed by atoms with E-state index in [4.69, 9.17) is 16.3 Å². The number of rotatable bonds is 5. The molecule has 0 radical (unpaired) electrons. The van der Waals surface area contributed by atoms with Crippen LogP contribution in [0.1, 0.15) is 37.2 Å². The molecule has 3 unspecified atom stereocenters. The van der Waals surface area contributed by atoms with Gasteiger partial charge in [-0.1, -0.05) is 24.6 Å². The van der Waals surface area contributed by atoms with Gasteiger partial charge < -0.3 is 10.1 Å². The highest BCUT2D eigenvalue weighted by atomic mass is 35.5. The van der Waals surface area contributed by atoms with Crippen LogP contribution in [0.3, 0.4) is 0 Å². The van der Waals surface area contributed by atoms with Crippen LogP contribution >= 0.6 is 11.6 Å². The number of nitrogens with one attached hydrogen (secondary N) is 1. The van der Waals surface area contributed by atoms with Crippen LogP contribution < -0.4 is 10.1 Å². The summed E-state index contributed by atoms with van der Waals surface area (Å²) in [6.07, 6.45) is 5.13. The Morgan fingerprint density at radius 2 is 1.95 bits per heavy atom. The summed E-state index contributed by atoms with van der Waals surface area (Å²) in [6, 6.07) is 8.46. The fraction of sp³-hybridized carbons (Fsp3) is 0.647. The van der Waals surface area contributed by atoms with Gasteiger partial charge in [-0.05, 0) is 49.3 Å². The van der Waals surface area contributed by atoms with Crippen molar-refractivity contribution in [3.63, 3.8) is 0 Å². The highest BCUT2D eigenvalue weighted by Gasteiger charge is 2.27. The first kappa shape index (κ1) is 14.2. The Hall–Kier alpha value is -0.730. The molecule has 1 aromatic carbocycles. The smallest absolute Gasteiger partial charge is 0.122 e. The first-order valence-electron chi connectivity index (χ1n) is 7.87. The van der Waals surface area contributed by atoms with Crippen molar-refractivity contribution in [1.29, 1.82) is 0 Å². The molecular formula is C17H24ClNO. The summed E-state index contributed by atoms with van der Waals surface area (Å²) in [7, 11) is 0. The van der Waals surface area contributed by atoms with E-state index in [9.17, 15) is 0 Å². The quantitative estimate of drug-likeness (QED) is 0.834. The largest absolute Gasteiger partial charge is 0.493 e. The van der Waals surface area contributed by atoms with Crippen LogP contribution in [0.2, 0.25) is 0 Å². The van der Waals surface area contributed by atoms with Gasteiger partial charge in [0.25, 0.3) is 0 Å². The number of para-hydroxylation sites is 1. The van der Waals surface area contributed by atoms with E-state index in [1.165, 1.54) is 24.8 Å². The lowest BCUT2D eigenvalue weighted by Crippen LogP contribution is -2.31. The van der Waals surface area contributed by atoms with Crippen LogP contribution in [-0.2, 0) is 0 Å². The lowest BCUT2D eigenvalue weighted by Gasteiger charge is -2.27. The first-order chi connectivity index (χ1) is 9.88. The molecule has 1 saturated carbocycles. The first-order valence-corrected chi connectivity index (χ1v) is 8.40. The third kappa shape index (κ3) is 3.12. The molecule has 1 aliphatic carbocycles. The number of benzene rings is 1. The van der Waals surface area contributed by atoms with Crippen molar-refractivity contribution in [2.75, 3.05) is 25.6 Å². The Labute approximate surface area is 126 Å². The number of hydrogen-bond acceptors (Lipinski definition) is 2. The molecule has 110 valence electrons. The van der Waals surface area contributed by atoms with E-state index in [1.807, 2.05) is 0 Å². The topological polar surface area (TPSA) is 21.3 Å². The van der Waals surface area contributed by atoms with Gasteiger partial charge in [-0.15, -0.1) is 11.6 Å². The number of ether oxygens (including phenoxy) is 1. The van der Waals surface area contributed by atoms with E-state index in [2.05, 4.69) is 29.6 Å². The Balaban J connectivity index is 1.52. The molecule has 3 atom stereocenters. The number of fused-ring (bicyclic) bond motifs is 1. The molecule has 2 nitrogen and oxygen atoms in total. The van der Waals surface area contributed by atoms with Gasteiger partial charge in [0.15, 0.2) is 0 Å². The van der Waals surface area contributed by atoms with Crippen molar-refractivity contribution >= 4 is 11.6 Å². The molecule has 0 bridgehead atoms. The molecule has 1 aliphatic heterocycles. The summed E-state index contributed by atoms with van der Waals surface area (Å²) in [4.78, 5) is 0. The highest BCUT2D eigenvalue weighted by molar-refractivity contribution is 6.18. The van der Waals surface area contributed by atoms with Crippen molar-refractivity contribution in [3.05, 3.63) is 29.8 Å². The van der Waals surface area contributed by atoms with Crippen molar-refractivity contribution < 1.29 is 4.74 Å². The van der Waals surface area contributed by atoms with Gasteiger partial charge in [-0.3, -0.25) is 0 Å². The van der Waals surface area contributed by atoms with Crippen LogP contribution in [0.4, 0.5) is 0 Å². The molecule has 2 aliphatic rings. The van der Waals surface area contributed by atoms with Crippen molar-refractivity contribution in [2.24, 2.45) is 11.8 Å². The van der Waals surface area contributed by atoms with Gasteiger partial charge >= 0.3 is 0 Å². The average molecular weight is 294 g/mol. The van der Waals surface area contributed by atoms with Gasteiger partial charge in [0.05, 0.1) is 6.61 Å². The summed E-state index contributed by atoms with van der Waals surface area (Å²) in [5.74, 6) is 4.00. The number of alkyl halides is 1. The van der Waals surface area contributed by atoms with Crippen LogP contribution in [0.15, 0.2) is 24.3 Å². The van der Waals surface area contributed by atoms with Crippen molar-refractivity contribution in [1.82, 2.24) is 5.32 Å². The van der Waals surface area contributed by atoms with Crippen LogP contribution in [-0.4, -0.2) is 25.6 Å². The van der Waals surface area contributed by atoms with Crippen LogP contribution in [0, 0.1) is 11.8 Å². The van der Waals surface area contributed by atoms with Crippen molar-refractivity contribution in [3.8, 4) is 5.75 Å². The minimum absolute atomic E-state index is 0.593. The van der Waals surface area contributed by atoms with E-state index in [0.29, 0.717) is 5.92 Å². The predicted octanol–water partition coefficient (Wildman–Crippen LogP) is 3.80. The van der Waals surface area contributed by atoms with Crippen molar-refractivity contribution in [2.45, 2.75) is 31.6 Å². The predicted molar refractivity (Wildman–Crippen MR) is 83.7 cm³/mol. The molecule has 0 saturated heterocycles. The molecular weight excluding hydrogens is 270 g/mol. The van der Waals surface area contributed by atoms with E-state index in [0.717, 1.165) is 49.6 Å². The molecule has 1 fully saturated rings. The Morgan fingerprint density at radius 3 is 2.85 bits per heavy atom. The molecule has 1 heterocycles. The Kier molecular flexibility index (Phi) is 4.85. The maximum atomic E-state index is 6.05. The summed E-state index contributed by atoms with van der Waals surface area (Å²) < 4.78 is 5.72. The third-order valence-corrected chi connectivity index (χ3v) is 5.29.